The number of carbonyl (C=O) groups is 1. The minimum atomic E-state index is -0.258. The molecule has 0 unspecified atom stereocenters. The van der Waals surface area contributed by atoms with Crippen molar-refractivity contribution in [2.45, 2.75) is 26.2 Å². The van der Waals surface area contributed by atoms with Gasteiger partial charge in [-0.1, -0.05) is 13.3 Å². The van der Waals surface area contributed by atoms with Gasteiger partial charge in [-0.25, -0.2) is 5.73 Å². The number of unbranched alkanes of at least 4 members (excludes halogenated alkanes) is 1. The van der Waals surface area contributed by atoms with E-state index in [1.807, 2.05) is 6.92 Å². The number of carbonyl (C=O) groups excluding carboxylic acids is 1. The van der Waals surface area contributed by atoms with Crippen molar-refractivity contribution in [2.24, 2.45) is 0 Å². The average Bonchev–Trinajstić information content (AvgIpc) is 1.85. The molecule has 0 amide bonds. The van der Waals surface area contributed by atoms with Crippen LogP contribution in [-0.2, 0) is 9.53 Å². The summed E-state index contributed by atoms with van der Waals surface area (Å²) in [5.74, 6) is -0.258. The van der Waals surface area contributed by atoms with E-state index in [2.05, 4.69) is 4.74 Å². The fourth-order valence-electron chi connectivity index (χ4n) is 0.474. The second kappa shape index (κ2) is 5.56. The number of rotatable bonds is 4. The Balaban J connectivity index is 3.06. The van der Waals surface area contributed by atoms with Crippen molar-refractivity contribution in [1.29, 1.82) is 0 Å². The number of hydrogen-bond donors (Lipinski definition) is 0. The lowest BCUT2D eigenvalue weighted by molar-refractivity contribution is -0.143. The lowest BCUT2D eigenvalue weighted by atomic mass is 10.3. The molecule has 0 rings (SSSR count). The van der Waals surface area contributed by atoms with Crippen molar-refractivity contribution < 1.29 is 9.53 Å². The van der Waals surface area contributed by atoms with Gasteiger partial charge in [0.05, 0.1) is 0 Å². The van der Waals surface area contributed by atoms with Gasteiger partial charge in [-0.3, -0.25) is 4.79 Å². The lowest BCUT2D eigenvalue weighted by Gasteiger charge is -1.97. The Morgan fingerprint density at radius 1 is 1.67 bits per heavy atom. The van der Waals surface area contributed by atoms with Gasteiger partial charge in [-0.2, -0.15) is 0 Å². The van der Waals surface area contributed by atoms with Gasteiger partial charge in [-0.05, 0) is 6.42 Å². The van der Waals surface area contributed by atoms with E-state index >= 15 is 0 Å². The van der Waals surface area contributed by atoms with Crippen LogP contribution < -0.4 is 5.73 Å². The zero-order valence-corrected chi connectivity index (χ0v) is 5.64. The van der Waals surface area contributed by atoms with E-state index in [-0.39, 0.29) is 12.7 Å². The van der Waals surface area contributed by atoms with Crippen molar-refractivity contribution in [2.75, 3.05) is 6.73 Å². The van der Waals surface area contributed by atoms with Gasteiger partial charge >= 0.3 is 5.97 Å². The highest BCUT2D eigenvalue weighted by atomic mass is 16.5. The molecule has 0 aromatic heterocycles. The standard InChI is InChI=1S/C6H12NO2/c1-2-3-4-6(8)9-5-7/h7H,2-5H2,1H3. The van der Waals surface area contributed by atoms with Crippen LogP contribution in [0.15, 0.2) is 0 Å². The van der Waals surface area contributed by atoms with Crippen LogP contribution in [0.1, 0.15) is 26.2 Å². The first kappa shape index (κ1) is 8.43. The molecule has 0 spiro atoms. The summed E-state index contributed by atoms with van der Waals surface area (Å²) in [7, 11) is 0. The van der Waals surface area contributed by atoms with Crippen LogP contribution in [0.25, 0.3) is 0 Å². The number of esters is 1. The van der Waals surface area contributed by atoms with Crippen molar-refractivity contribution in [3.63, 3.8) is 0 Å². The quantitative estimate of drug-likeness (QED) is 0.532. The molecule has 0 fully saturated rings. The number of nitrogens with one attached hydrogen (secondary N) is 1. The Labute approximate surface area is 55.2 Å². The molecule has 9 heavy (non-hydrogen) atoms. The monoisotopic (exact) mass is 130 g/mol. The second-order valence-electron chi connectivity index (χ2n) is 1.76. The molecule has 1 radical (unpaired) electrons. The zero-order valence-electron chi connectivity index (χ0n) is 5.64. The molecule has 0 aliphatic carbocycles. The minimum absolute atomic E-state index is 0.247. The van der Waals surface area contributed by atoms with E-state index in [0.29, 0.717) is 6.42 Å². The Hall–Kier alpha value is -0.570. The molecule has 3 heteroatoms. The van der Waals surface area contributed by atoms with Crippen LogP contribution in [0.5, 0.6) is 0 Å². The molecule has 0 saturated heterocycles. The molecule has 0 aliphatic rings. The molecule has 0 aliphatic heterocycles. The molecular formula is C6H12NO2. The van der Waals surface area contributed by atoms with E-state index in [4.69, 9.17) is 5.73 Å². The summed E-state index contributed by atoms with van der Waals surface area (Å²) >= 11 is 0. The summed E-state index contributed by atoms with van der Waals surface area (Å²) in [6.07, 6.45) is 2.31. The molecular weight excluding hydrogens is 118 g/mol. The first-order chi connectivity index (χ1) is 4.31. The number of ether oxygens (including phenoxy) is 1. The first-order valence-corrected chi connectivity index (χ1v) is 3.11. The molecule has 53 valence electrons. The fraction of sp³-hybridized carbons (Fsp3) is 0.833. The molecule has 0 atom stereocenters. The van der Waals surface area contributed by atoms with Crippen LogP contribution >= 0.6 is 0 Å². The minimum Gasteiger partial charge on any atom is -0.448 e. The maximum atomic E-state index is 10.5. The van der Waals surface area contributed by atoms with Gasteiger partial charge < -0.3 is 4.74 Å². The van der Waals surface area contributed by atoms with Crippen LogP contribution in [0.4, 0.5) is 0 Å². The van der Waals surface area contributed by atoms with E-state index in [1.54, 1.807) is 0 Å². The van der Waals surface area contributed by atoms with Crippen molar-refractivity contribution in [3.8, 4) is 0 Å². The smallest absolute Gasteiger partial charge is 0.307 e. The molecule has 1 N–H and O–H groups in total. The largest absolute Gasteiger partial charge is 0.448 e. The van der Waals surface area contributed by atoms with E-state index in [9.17, 15) is 4.79 Å². The number of hydrogen-bond acceptors (Lipinski definition) is 2. The maximum absolute atomic E-state index is 10.5. The third kappa shape index (κ3) is 5.30. The predicted molar refractivity (Wildman–Crippen MR) is 33.6 cm³/mol. The zero-order chi connectivity index (χ0) is 7.11. The third-order valence-electron chi connectivity index (χ3n) is 0.968. The summed E-state index contributed by atoms with van der Waals surface area (Å²) in [5, 5.41) is 0. The SMILES string of the molecule is CCCCC(=O)OC[NH]. The molecule has 0 aromatic rings. The topological polar surface area (TPSA) is 50.1 Å². The van der Waals surface area contributed by atoms with Crippen LogP contribution in [0.2, 0.25) is 0 Å². The van der Waals surface area contributed by atoms with Crippen LogP contribution in [0.3, 0.4) is 0 Å². The van der Waals surface area contributed by atoms with Crippen molar-refractivity contribution >= 4 is 5.97 Å². The van der Waals surface area contributed by atoms with Gasteiger partial charge in [0.1, 0.15) is 0 Å². The van der Waals surface area contributed by atoms with Gasteiger partial charge in [0.15, 0.2) is 6.73 Å². The molecule has 0 bridgehead atoms. The van der Waals surface area contributed by atoms with Crippen molar-refractivity contribution in [1.82, 2.24) is 5.73 Å². The highest BCUT2D eigenvalue weighted by Gasteiger charge is 1.97. The highest BCUT2D eigenvalue weighted by Crippen LogP contribution is 1.94. The Morgan fingerprint density at radius 3 is 2.78 bits per heavy atom. The van der Waals surface area contributed by atoms with Crippen molar-refractivity contribution in [3.05, 3.63) is 0 Å². The normalized spacial score (nSPS) is 9.11. The first-order valence-electron chi connectivity index (χ1n) is 3.11. The molecule has 0 saturated carbocycles. The van der Waals surface area contributed by atoms with Gasteiger partial charge in [-0.15, -0.1) is 0 Å². The maximum Gasteiger partial charge on any atom is 0.307 e. The third-order valence-corrected chi connectivity index (χ3v) is 0.968. The summed E-state index contributed by atoms with van der Waals surface area (Å²) in [6.45, 7) is 1.76. The Kier molecular flexibility index (Phi) is 5.21. The lowest BCUT2D eigenvalue weighted by Crippen LogP contribution is -2.05. The molecule has 0 aromatic carbocycles. The summed E-state index contributed by atoms with van der Waals surface area (Å²) in [5.41, 5.74) is 6.53. The molecule has 0 heterocycles. The summed E-state index contributed by atoms with van der Waals surface area (Å²) < 4.78 is 4.37. The summed E-state index contributed by atoms with van der Waals surface area (Å²) in [4.78, 5) is 10.5. The fourth-order valence-corrected chi connectivity index (χ4v) is 0.474. The Bertz CT molecular complexity index is 83.1. The van der Waals surface area contributed by atoms with E-state index in [0.717, 1.165) is 12.8 Å². The van der Waals surface area contributed by atoms with Gasteiger partial charge in [0, 0.05) is 6.42 Å². The van der Waals surface area contributed by atoms with E-state index in [1.165, 1.54) is 0 Å². The average molecular weight is 130 g/mol. The summed E-state index contributed by atoms with van der Waals surface area (Å²) in [6, 6.07) is 0. The van der Waals surface area contributed by atoms with Crippen LogP contribution in [0, 0.1) is 0 Å². The highest BCUT2D eigenvalue weighted by molar-refractivity contribution is 5.69. The predicted octanol–water partition coefficient (Wildman–Crippen LogP) is 0.960. The van der Waals surface area contributed by atoms with Gasteiger partial charge in [0.2, 0.25) is 0 Å². The van der Waals surface area contributed by atoms with Gasteiger partial charge in [0.25, 0.3) is 0 Å². The Morgan fingerprint density at radius 2 is 2.33 bits per heavy atom. The molecule has 3 nitrogen and oxygen atoms in total. The second-order valence-corrected chi connectivity index (χ2v) is 1.76. The van der Waals surface area contributed by atoms with Crippen LogP contribution in [-0.4, -0.2) is 12.7 Å². The van der Waals surface area contributed by atoms with E-state index < -0.39 is 0 Å².